The number of benzene rings is 9. The van der Waals surface area contributed by atoms with Crippen LogP contribution in [0.2, 0.25) is 0 Å². The Morgan fingerprint density at radius 3 is 0.887 bits per heavy atom. The van der Waals surface area contributed by atoms with Gasteiger partial charge in [-0.05, 0) is 81.9 Å². The van der Waals surface area contributed by atoms with Gasteiger partial charge in [-0.25, -0.2) is 0 Å². The van der Waals surface area contributed by atoms with Crippen molar-refractivity contribution >= 4 is 43.6 Å². The van der Waals surface area contributed by atoms with Crippen molar-refractivity contribution < 1.29 is 9.47 Å². The maximum atomic E-state index is 6.77. The van der Waals surface area contributed by atoms with Gasteiger partial charge in [0.25, 0.3) is 0 Å². The molecule has 0 aliphatic heterocycles. The van der Waals surface area contributed by atoms with Crippen LogP contribution in [-0.2, 0) is 0 Å². The summed E-state index contributed by atoms with van der Waals surface area (Å²) in [4.78, 5) is 0. The summed E-state index contributed by atoms with van der Waals surface area (Å²) < 4.78 is 18.3. The zero-order valence-electron chi connectivity index (χ0n) is 34.3. The lowest BCUT2D eigenvalue weighted by molar-refractivity contribution is 0.392. The fourth-order valence-electron chi connectivity index (χ4n) is 11.3. The van der Waals surface area contributed by atoms with Gasteiger partial charge in [0, 0.05) is 67.0 Å². The highest BCUT2D eigenvalue weighted by atomic mass is 16.5. The largest absolute Gasteiger partial charge is 0.496 e. The molecule has 3 aliphatic carbocycles. The fraction of sp³-hybridized carbons (Fsp3) is 0.0690. The van der Waals surface area contributed by atoms with E-state index in [1.54, 1.807) is 0 Å². The van der Waals surface area contributed by atoms with E-state index in [0.29, 0.717) is 0 Å². The first-order valence-electron chi connectivity index (χ1n) is 21.4. The predicted octanol–water partition coefficient (Wildman–Crippen LogP) is 14.2. The molecular weight excluding hydrogens is 757 g/mol. The third kappa shape index (κ3) is 4.72. The smallest absolute Gasteiger partial charge is 0.132 e. The standard InChI is InChI=1S/C58H40N2O2/c1-61-57-51(35-27-31-37(32-28-35)59-47-23-11-7-15-39(47)40-16-8-12-24-48(40)59)52(36-29-33-38(34-30-36)60-49-25-13-9-17-41(49)42-18-10-14-26-50(42)60)58(62-2)56-54-45-21-5-3-19-43(45)53(55(56)57)44-20-4-6-22-46(44)54/h3-34,53-54H,1-2H3. The van der Waals surface area contributed by atoms with Gasteiger partial charge in [0.2, 0.25) is 0 Å². The van der Waals surface area contributed by atoms with Crippen LogP contribution in [0.3, 0.4) is 0 Å². The number of hydrogen-bond donors (Lipinski definition) is 0. The van der Waals surface area contributed by atoms with Crippen LogP contribution >= 0.6 is 0 Å². The Morgan fingerprint density at radius 1 is 0.323 bits per heavy atom. The van der Waals surface area contributed by atoms with Crippen molar-refractivity contribution in [2.24, 2.45) is 0 Å². The lowest BCUT2D eigenvalue weighted by Gasteiger charge is -2.44. The van der Waals surface area contributed by atoms with Gasteiger partial charge in [-0.2, -0.15) is 0 Å². The van der Waals surface area contributed by atoms with E-state index in [-0.39, 0.29) is 11.8 Å². The van der Waals surface area contributed by atoms with E-state index in [0.717, 1.165) is 45.1 Å². The lowest BCUT2D eigenvalue weighted by Crippen LogP contribution is -2.29. The third-order valence-electron chi connectivity index (χ3n) is 13.7. The molecule has 2 bridgehead atoms. The molecule has 0 amide bonds. The molecule has 14 rings (SSSR count). The maximum Gasteiger partial charge on any atom is 0.132 e. The molecule has 0 unspecified atom stereocenters. The van der Waals surface area contributed by atoms with Crippen LogP contribution < -0.4 is 9.47 Å². The van der Waals surface area contributed by atoms with Crippen molar-refractivity contribution in [3.63, 3.8) is 0 Å². The van der Waals surface area contributed by atoms with Gasteiger partial charge in [0.1, 0.15) is 11.5 Å². The van der Waals surface area contributed by atoms with Gasteiger partial charge >= 0.3 is 0 Å². The van der Waals surface area contributed by atoms with Crippen molar-refractivity contribution in [2.75, 3.05) is 14.2 Å². The molecule has 0 fully saturated rings. The molecule has 0 saturated carbocycles. The Bertz CT molecular complexity index is 3220. The van der Waals surface area contributed by atoms with Gasteiger partial charge < -0.3 is 18.6 Å². The summed E-state index contributed by atoms with van der Waals surface area (Å²) in [6, 6.07) is 70.7. The van der Waals surface area contributed by atoms with E-state index in [1.807, 2.05) is 14.2 Å². The van der Waals surface area contributed by atoms with Gasteiger partial charge in [-0.1, -0.05) is 146 Å². The van der Waals surface area contributed by atoms with E-state index in [9.17, 15) is 0 Å². The Morgan fingerprint density at radius 2 is 0.597 bits per heavy atom. The van der Waals surface area contributed by atoms with Crippen LogP contribution in [0.5, 0.6) is 11.5 Å². The van der Waals surface area contributed by atoms with E-state index in [4.69, 9.17) is 9.47 Å². The second-order valence-corrected chi connectivity index (χ2v) is 16.6. The quantitative estimate of drug-likeness (QED) is 0.168. The number of ether oxygens (including phenoxy) is 2. The monoisotopic (exact) mass is 796 g/mol. The zero-order valence-corrected chi connectivity index (χ0v) is 34.3. The average Bonchev–Trinajstić information content (AvgIpc) is 3.86. The van der Waals surface area contributed by atoms with E-state index >= 15 is 0 Å². The van der Waals surface area contributed by atoms with Gasteiger partial charge in [-0.15, -0.1) is 0 Å². The Labute approximate surface area is 359 Å². The summed E-state index contributed by atoms with van der Waals surface area (Å²) in [5.41, 5.74) is 18.9. The van der Waals surface area contributed by atoms with Gasteiger partial charge in [-0.3, -0.25) is 0 Å². The average molecular weight is 797 g/mol. The van der Waals surface area contributed by atoms with Crippen molar-refractivity contribution in [2.45, 2.75) is 11.8 Å². The highest BCUT2D eigenvalue weighted by molar-refractivity contribution is 6.10. The first-order chi connectivity index (χ1) is 30.7. The van der Waals surface area contributed by atoms with Crippen LogP contribution in [0.25, 0.3) is 77.2 Å². The van der Waals surface area contributed by atoms with Crippen LogP contribution in [0.1, 0.15) is 45.2 Å². The molecule has 0 atom stereocenters. The number of fused-ring (bicyclic) bond motifs is 6. The molecule has 9 aromatic carbocycles. The lowest BCUT2D eigenvalue weighted by atomic mass is 9.59. The van der Waals surface area contributed by atoms with E-state index in [2.05, 4.69) is 203 Å². The SMILES string of the molecule is COc1c(-c2ccc(-n3c4ccccc4c4ccccc43)cc2)c(-c2ccc(-n3c4ccccc4c4ccccc43)cc2)c(OC)c2c1C1c3ccccc3C2c2ccccc21. The number of nitrogens with zero attached hydrogens (tertiary/aromatic N) is 2. The van der Waals surface area contributed by atoms with E-state index < -0.39 is 0 Å². The molecule has 2 heterocycles. The zero-order chi connectivity index (χ0) is 41.1. The summed E-state index contributed by atoms with van der Waals surface area (Å²) >= 11 is 0. The maximum absolute atomic E-state index is 6.77. The Kier molecular flexibility index (Phi) is 7.53. The summed E-state index contributed by atoms with van der Waals surface area (Å²) in [7, 11) is 3.68. The molecule has 3 aliphatic rings. The van der Waals surface area contributed by atoms with Gasteiger partial charge in [0.05, 0.1) is 36.3 Å². The molecule has 2 aromatic heterocycles. The molecule has 4 heteroatoms. The molecule has 4 nitrogen and oxygen atoms in total. The number of methoxy groups -OCH3 is 2. The fourth-order valence-corrected chi connectivity index (χ4v) is 11.3. The molecule has 0 spiro atoms. The third-order valence-corrected chi connectivity index (χ3v) is 13.7. The van der Waals surface area contributed by atoms with Crippen LogP contribution in [0, 0.1) is 0 Å². The summed E-state index contributed by atoms with van der Waals surface area (Å²) in [6.07, 6.45) is 0. The number of aromatic nitrogens is 2. The number of rotatable bonds is 6. The Hall–Kier alpha value is -7.82. The van der Waals surface area contributed by atoms with Crippen molar-refractivity contribution in [3.05, 3.63) is 228 Å². The minimum absolute atomic E-state index is 0.00592. The van der Waals surface area contributed by atoms with Crippen LogP contribution in [0.15, 0.2) is 194 Å². The van der Waals surface area contributed by atoms with Crippen molar-refractivity contribution in [1.82, 2.24) is 9.13 Å². The second-order valence-electron chi connectivity index (χ2n) is 16.6. The molecule has 294 valence electrons. The molecule has 62 heavy (non-hydrogen) atoms. The highest BCUT2D eigenvalue weighted by Crippen LogP contribution is 2.64. The minimum atomic E-state index is -0.00592. The van der Waals surface area contributed by atoms with E-state index in [1.165, 1.54) is 77.0 Å². The van der Waals surface area contributed by atoms with Crippen LogP contribution in [-0.4, -0.2) is 23.4 Å². The molecule has 0 radical (unpaired) electrons. The number of hydrogen-bond acceptors (Lipinski definition) is 2. The first kappa shape index (κ1) is 35.0. The van der Waals surface area contributed by atoms with Crippen molar-refractivity contribution in [1.29, 1.82) is 0 Å². The topological polar surface area (TPSA) is 28.3 Å². The normalized spacial score (nSPS) is 14.9. The number of para-hydroxylation sites is 4. The van der Waals surface area contributed by atoms with Gasteiger partial charge in [0.15, 0.2) is 0 Å². The molecule has 0 N–H and O–H groups in total. The predicted molar refractivity (Wildman–Crippen MR) is 254 cm³/mol. The summed E-state index contributed by atoms with van der Waals surface area (Å²) in [6.45, 7) is 0. The molecule has 0 saturated heterocycles. The van der Waals surface area contributed by atoms with Crippen molar-refractivity contribution in [3.8, 4) is 45.1 Å². The second kappa shape index (κ2) is 13.3. The highest BCUT2D eigenvalue weighted by Gasteiger charge is 2.46. The summed E-state index contributed by atoms with van der Waals surface area (Å²) in [5, 5.41) is 4.98. The molecular formula is C58H40N2O2. The Balaban J connectivity index is 1.07. The van der Waals surface area contributed by atoms with Crippen LogP contribution in [0.4, 0.5) is 0 Å². The molecule has 11 aromatic rings. The minimum Gasteiger partial charge on any atom is -0.496 e. The first-order valence-corrected chi connectivity index (χ1v) is 21.4. The summed E-state index contributed by atoms with van der Waals surface area (Å²) in [5.74, 6) is 1.78.